The Morgan fingerprint density at radius 3 is 2.46 bits per heavy atom. The van der Waals surface area contributed by atoms with E-state index in [2.05, 4.69) is 32.0 Å². The maximum atomic E-state index is 14.2. The van der Waals surface area contributed by atoms with Crippen LogP contribution < -0.4 is 11.1 Å². The summed E-state index contributed by atoms with van der Waals surface area (Å²) in [5, 5.41) is 2.63. The molecule has 6 rings (SSSR count). The molecule has 3 amide bonds. The van der Waals surface area contributed by atoms with Crippen LogP contribution in [0.25, 0.3) is 11.4 Å². The fourth-order valence-corrected chi connectivity index (χ4v) is 7.18. The van der Waals surface area contributed by atoms with Crippen molar-refractivity contribution in [2.24, 2.45) is 7.05 Å². The largest absolute Gasteiger partial charge is 0.443 e. The number of alkyl halides is 3. The van der Waals surface area contributed by atoms with Crippen LogP contribution in [0.1, 0.15) is 77.5 Å². The first-order valence-electron chi connectivity index (χ1n) is 18.7. The van der Waals surface area contributed by atoms with Gasteiger partial charge in [-0.15, -0.1) is 0 Å². The molecule has 300 valence electrons. The van der Waals surface area contributed by atoms with Crippen LogP contribution in [0.15, 0.2) is 54.7 Å². The number of aromatic nitrogens is 3. The third-order valence-corrected chi connectivity index (χ3v) is 10.1. The van der Waals surface area contributed by atoms with Gasteiger partial charge in [-0.1, -0.05) is 30.0 Å². The monoisotopic (exact) mass is 784 g/mol. The molecule has 12 nitrogen and oxygen atoms in total. The van der Waals surface area contributed by atoms with E-state index in [1.807, 2.05) is 23.6 Å². The number of nitrogen functional groups attached to an aromatic ring is 1. The van der Waals surface area contributed by atoms with Crippen molar-refractivity contribution in [3.63, 3.8) is 0 Å². The molecule has 4 heterocycles. The third-order valence-electron chi connectivity index (χ3n) is 10.1. The van der Waals surface area contributed by atoms with E-state index in [-0.39, 0.29) is 36.7 Å². The second-order valence-corrected chi connectivity index (χ2v) is 15.6. The van der Waals surface area contributed by atoms with E-state index in [1.54, 1.807) is 58.2 Å². The number of benzene rings is 2. The minimum Gasteiger partial charge on any atom is -0.443 e. The van der Waals surface area contributed by atoms with Gasteiger partial charge in [0.15, 0.2) is 0 Å². The number of likely N-dealkylation sites (tertiary alicyclic amines) is 1. The number of hydrogen-bond donors (Lipinski definition) is 2. The van der Waals surface area contributed by atoms with Crippen LogP contribution in [-0.2, 0) is 42.1 Å². The average molecular weight is 785 g/mol. The molecule has 57 heavy (non-hydrogen) atoms. The van der Waals surface area contributed by atoms with Gasteiger partial charge < -0.3 is 25.3 Å². The highest BCUT2D eigenvalue weighted by atomic mass is 19.4. The SMILES string of the molecule is CN(C)C1CCN(Cc2ccc(NC(=O)Cc3cccc(C#Cc4cnc(N)nc4-c4cc5c(n4C)CCN(C(=O)OC(C)(C)C)C5=O)c3)cc2C(F)(F)F)CC1. The summed E-state index contributed by atoms with van der Waals surface area (Å²) in [6, 6.07) is 13.0. The molecule has 0 bridgehead atoms. The van der Waals surface area contributed by atoms with Gasteiger partial charge in [0.1, 0.15) is 11.3 Å². The van der Waals surface area contributed by atoms with Gasteiger partial charge in [-0.2, -0.15) is 13.2 Å². The van der Waals surface area contributed by atoms with Gasteiger partial charge in [0.2, 0.25) is 11.9 Å². The highest BCUT2D eigenvalue weighted by Gasteiger charge is 2.36. The Morgan fingerprint density at radius 2 is 1.77 bits per heavy atom. The molecule has 0 radical (unpaired) electrons. The lowest BCUT2D eigenvalue weighted by molar-refractivity contribution is -0.138. The number of ether oxygens (including phenoxy) is 1. The molecule has 2 aromatic heterocycles. The number of carbonyl (C=O) groups excluding carboxylic acids is 3. The Labute approximate surface area is 330 Å². The molecular weight excluding hydrogens is 738 g/mol. The van der Waals surface area contributed by atoms with Crippen molar-refractivity contribution in [1.29, 1.82) is 0 Å². The molecule has 3 N–H and O–H groups in total. The number of halogens is 3. The van der Waals surface area contributed by atoms with Gasteiger partial charge in [-0.25, -0.2) is 19.7 Å². The minimum absolute atomic E-state index is 0.00161. The molecule has 15 heteroatoms. The first-order chi connectivity index (χ1) is 26.9. The highest BCUT2D eigenvalue weighted by Crippen LogP contribution is 2.35. The molecule has 2 aliphatic heterocycles. The number of hydrogen-bond acceptors (Lipinski definition) is 9. The van der Waals surface area contributed by atoms with Crippen LogP contribution in [0.3, 0.4) is 0 Å². The normalized spacial score (nSPS) is 15.3. The number of nitrogens with zero attached hydrogens (tertiary/aromatic N) is 6. The Hall–Kier alpha value is -5.72. The van der Waals surface area contributed by atoms with Crippen LogP contribution >= 0.6 is 0 Å². The Balaban J connectivity index is 1.16. The summed E-state index contributed by atoms with van der Waals surface area (Å²) in [6.45, 7) is 6.96. The third kappa shape index (κ3) is 9.81. The van der Waals surface area contributed by atoms with Crippen molar-refractivity contribution in [2.45, 2.75) is 70.8 Å². The number of amides is 3. The number of nitrogens with two attached hydrogens (primary N) is 1. The van der Waals surface area contributed by atoms with Crippen molar-refractivity contribution < 1.29 is 32.3 Å². The molecule has 2 aliphatic rings. The fraction of sp³-hybridized carbons (Fsp3) is 0.405. The molecule has 0 atom stereocenters. The minimum atomic E-state index is -4.58. The van der Waals surface area contributed by atoms with Gasteiger partial charge in [0, 0.05) is 55.7 Å². The molecule has 0 spiro atoms. The summed E-state index contributed by atoms with van der Waals surface area (Å²) in [5.41, 5.74) is 8.29. The van der Waals surface area contributed by atoms with E-state index in [9.17, 15) is 27.6 Å². The fourth-order valence-electron chi connectivity index (χ4n) is 7.18. The molecule has 4 aromatic rings. The summed E-state index contributed by atoms with van der Waals surface area (Å²) in [4.78, 5) is 53.1. The van der Waals surface area contributed by atoms with Crippen molar-refractivity contribution in [2.75, 3.05) is 44.8 Å². The number of rotatable bonds is 7. The molecule has 1 saturated heterocycles. The topological polar surface area (TPSA) is 139 Å². The molecule has 0 aliphatic carbocycles. The zero-order valence-corrected chi connectivity index (χ0v) is 33.0. The van der Waals surface area contributed by atoms with Crippen LogP contribution in [0.5, 0.6) is 0 Å². The maximum absolute atomic E-state index is 14.2. The van der Waals surface area contributed by atoms with E-state index in [0.717, 1.165) is 29.5 Å². The number of imide groups is 1. The van der Waals surface area contributed by atoms with Gasteiger partial charge in [0.05, 0.1) is 28.8 Å². The number of anilines is 2. The summed E-state index contributed by atoms with van der Waals surface area (Å²) in [7, 11) is 5.83. The summed E-state index contributed by atoms with van der Waals surface area (Å²) in [5.74, 6) is 5.21. The number of fused-ring (bicyclic) bond motifs is 1. The lowest BCUT2D eigenvalue weighted by Gasteiger charge is -2.35. The van der Waals surface area contributed by atoms with Gasteiger partial charge in [0.25, 0.3) is 5.91 Å². The lowest BCUT2D eigenvalue weighted by Crippen LogP contribution is -2.44. The van der Waals surface area contributed by atoms with Gasteiger partial charge in [-0.05, 0) is 102 Å². The first-order valence-corrected chi connectivity index (χ1v) is 18.7. The smallest absolute Gasteiger partial charge is 0.417 e. The van der Waals surface area contributed by atoms with Crippen molar-refractivity contribution in [3.8, 4) is 23.2 Å². The Kier molecular flexibility index (Phi) is 11.8. The van der Waals surface area contributed by atoms with E-state index in [4.69, 9.17) is 10.5 Å². The second kappa shape index (κ2) is 16.4. The predicted octanol–water partition coefficient (Wildman–Crippen LogP) is 6.12. The molecular formula is C42H47F3N8O4. The number of piperidine rings is 1. The molecule has 2 aromatic carbocycles. The van der Waals surface area contributed by atoms with Gasteiger partial charge in [-0.3, -0.25) is 14.5 Å². The average Bonchev–Trinajstić information content (AvgIpc) is 3.47. The number of carbonyl (C=O) groups is 3. The standard InChI is InChI=1S/C42H47F3N8O4/c1-41(2,3)57-40(56)53-19-16-34-32(38(53)55)23-35(51(34)6)37-28(24-47-39(46)49-37)11-10-26-8-7-9-27(20-26)21-36(54)48-30-13-12-29(33(22-30)42(43,44)45)25-52-17-14-31(15-18-52)50(4)5/h7-9,12-13,20,22-24,31H,14-19,21,25H2,1-6H3,(H,48,54)(H2,46,47,49). The van der Waals surface area contributed by atoms with Crippen LogP contribution in [0.2, 0.25) is 0 Å². The maximum Gasteiger partial charge on any atom is 0.417 e. The quantitative estimate of drug-likeness (QED) is 0.212. The van der Waals surface area contributed by atoms with Crippen molar-refractivity contribution in [3.05, 3.63) is 93.8 Å². The molecule has 0 unspecified atom stereocenters. The summed E-state index contributed by atoms with van der Waals surface area (Å²) < 4.78 is 49.8. The zero-order valence-electron chi connectivity index (χ0n) is 33.0. The van der Waals surface area contributed by atoms with Gasteiger partial charge >= 0.3 is 12.3 Å². The van der Waals surface area contributed by atoms with Crippen molar-refractivity contribution in [1.82, 2.24) is 29.2 Å². The van der Waals surface area contributed by atoms with Crippen LogP contribution in [0.4, 0.5) is 29.6 Å². The Bertz CT molecular complexity index is 2240. The first kappa shape index (κ1) is 40.9. The van der Waals surface area contributed by atoms with E-state index in [0.29, 0.717) is 59.2 Å². The van der Waals surface area contributed by atoms with E-state index in [1.165, 1.54) is 18.3 Å². The Morgan fingerprint density at radius 1 is 1.04 bits per heavy atom. The zero-order chi connectivity index (χ0) is 41.2. The lowest BCUT2D eigenvalue weighted by atomic mass is 10.0. The van der Waals surface area contributed by atoms with Crippen LogP contribution in [-0.4, -0.2) is 92.5 Å². The second-order valence-electron chi connectivity index (χ2n) is 15.6. The molecule has 0 saturated carbocycles. The highest BCUT2D eigenvalue weighted by molar-refractivity contribution is 6.05. The van der Waals surface area contributed by atoms with Crippen LogP contribution in [0, 0.1) is 11.8 Å². The van der Waals surface area contributed by atoms with Crippen molar-refractivity contribution >= 4 is 29.5 Å². The van der Waals surface area contributed by atoms with E-state index < -0.39 is 35.2 Å². The predicted molar refractivity (Wildman–Crippen MR) is 210 cm³/mol. The summed E-state index contributed by atoms with van der Waals surface area (Å²) in [6.07, 6.45) is -1.72. The summed E-state index contributed by atoms with van der Waals surface area (Å²) >= 11 is 0. The number of nitrogens with one attached hydrogen (secondary N) is 1. The van der Waals surface area contributed by atoms with E-state index >= 15 is 0 Å². The molecule has 1 fully saturated rings.